The molecule has 2 aliphatic rings. The van der Waals surface area contributed by atoms with Crippen molar-refractivity contribution < 1.29 is 9.59 Å². The van der Waals surface area contributed by atoms with Gasteiger partial charge in [-0.3, -0.25) is 9.59 Å². The van der Waals surface area contributed by atoms with Crippen LogP contribution in [0.4, 0.5) is 0 Å². The zero-order valence-corrected chi connectivity index (χ0v) is 16.8. The molecule has 0 fully saturated rings. The third kappa shape index (κ3) is 3.64. The Labute approximate surface area is 180 Å². The maximum atomic E-state index is 13.0. The molecular weight excluding hydrogens is 384 g/mol. The van der Waals surface area contributed by atoms with Gasteiger partial charge in [0.25, 0.3) is 5.91 Å². The Kier molecular flexibility index (Phi) is 4.89. The average molecular weight is 404 g/mol. The summed E-state index contributed by atoms with van der Waals surface area (Å²) >= 11 is 0. The number of carbonyl (C=O) groups excluding carboxylic acids is 2. The van der Waals surface area contributed by atoms with Gasteiger partial charge in [-0.15, -0.1) is 0 Å². The fourth-order valence-corrected chi connectivity index (χ4v) is 4.02. The summed E-state index contributed by atoms with van der Waals surface area (Å²) in [6.07, 6.45) is 8.07. The second-order valence-corrected chi connectivity index (χ2v) is 7.58. The highest BCUT2D eigenvalue weighted by atomic mass is 16.1. The van der Waals surface area contributed by atoms with Crippen LogP contribution in [0, 0.1) is 0 Å². The van der Waals surface area contributed by atoms with Crippen molar-refractivity contribution in [3.8, 4) is 0 Å². The molecular formula is C27H20N2O2. The summed E-state index contributed by atoms with van der Waals surface area (Å²) in [6, 6.07) is 23.8. The van der Waals surface area contributed by atoms with E-state index in [1.54, 1.807) is 36.4 Å². The maximum absolute atomic E-state index is 13.0. The summed E-state index contributed by atoms with van der Waals surface area (Å²) in [5.74, 6) is -0.379. The third-order valence-electron chi connectivity index (χ3n) is 5.62. The Bertz CT molecular complexity index is 1240. The first-order valence-electron chi connectivity index (χ1n) is 10.2. The minimum Gasteiger partial charge on any atom is -0.361 e. The van der Waals surface area contributed by atoms with Gasteiger partial charge in [0.1, 0.15) is 0 Å². The lowest BCUT2D eigenvalue weighted by Gasteiger charge is -2.36. The van der Waals surface area contributed by atoms with Crippen LogP contribution in [0.25, 0.3) is 0 Å². The Morgan fingerprint density at radius 2 is 1.45 bits per heavy atom. The van der Waals surface area contributed by atoms with E-state index in [0.29, 0.717) is 16.7 Å². The molecule has 0 bridgehead atoms. The lowest BCUT2D eigenvalue weighted by Crippen LogP contribution is -2.42. The molecule has 0 saturated carbocycles. The first kappa shape index (κ1) is 18.9. The number of benzene rings is 3. The van der Waals surface area contributed by atoms with Gasteiger partial charge in [-0.25, -0.2) is 4.99 Å². The zero-order valence-electron chi connectivity index (χ0n) is 16.8. The van der Waals surface area contributed by atoms with Crippen LogP contribution in [0.1, 0.15) is 37.4 Å². The summed E-state index contributed by atoms with van der Waals surface area (Å²) in [6.45, 7) is 0.783. The molecule has 3 aromatic rings. The van der Waals surface area contributed by atoms with Gasteiger partial charge in [0.05, 0.1) is 11.8 Å². The lowest BCUT2D eigenvalue weighted by atomic mass is 9.90. The van der Waals surface area contributed by atoms with Gasteiger partial charge >= 0.3 is 0 Å². The van der Waals surface area contributed by atoms with E-state index < -0.39 is 0 Å². The highest BCUT2D eigenvalue weighted by Gasteiger charge is 2.30. The molecule has 4 heteroatoms. The third-order valence-corrected chi connectivity index (χ3v) is 5.62. The van der Waals surface area contributed by atoms with E-state index in [1.165, 1.54) is 0 Å². The number of aliphatic imine (C=N–C) groups is 1. The molecule has 2 heterocycles. The second-order valence-electron chi connectivity index (χ2n) is 7.58. The number of rotatable bonds is 3. The van der Waals surface area contributed by atoms with E-state index in [9.17, 15) is 9.59 Å². The molecule has 31 heavy (non-hydrogen) atoms. The molecule has 2 aliphatic heterocycles. The number of fused-ring (bicyclic) bond motifs is 2. The number of hydrogen-bond donors (Lipinski definition) is 0. The van der Waals surface area contributed by atoms with Crippen LogP contribution in [0.3, 0.4) is 0 Å². The van der Waals surface area contributed by atoms with Gasteiger partial charge < -0.3 is 4.90 Å². The molecule has 1 amide bonds. The summed E-state index contributed by atoms with van der Waals surface area (Å²) in [5.41, 5.74) is 4.53. The molecule has 0 unspecified atom stereocenters. The van der Waals surface area contributed by atoms with E-state index in [2.05, 4.69) is 22.0 Å². The van der Waals surface area contributed by atoms with Gasteiger partial charge in [0.15, 0.2) is 5.78 Å². The first-order valence-corrected chi connectivity index (χ1v) is 10.2. The van der Waals surface area contributed by atoms with Gasteiger partial charge in [0.2, 0.25) is 0 Å². The zero-order chi connectivity index (χ0) is 21.2. The number of amides is 1. The average Bonchev–Trinajstić information content (AvgIpc) is 2.84. The Morgan fingerprint density at radius 1 is 0.774 bits per heavy atom. The molecule has 4 nitrogen and oxygen atoms in total. The van der Waals surface area contributed by atoms with E-state index >= 15 is 0 Å². The van der Waals surface area contributed by atoms with Crippen molar-refractivity contribution in [3.63, 3.8) is 0 Å². The van der Waals surface area contributed by atoms with Crippen LogP contribution < -0.4 is 0 Å². The lowest BCUT2D eigenvalue weighted by molar-refractivity contribution is 0.0998. The molecule has 3 aromatic carbocycles. The minimum atomic E-state index is -0.312. The second kappa shape index (κ2) is 8.00. The molecule has 0 aromatic heterocycles. The summed E-state index contributed by atoms with van der Waals surface area (Å²) in [5, 5.41) is 0. The minimum absolute atomic E-state index is 0.0669. The summed E-state index contributed by atoms with van der Waals surface area (Å²) < 4.78 is 0. The molecule has 0 aliphatic carbocycles. The number of allylic oxidation sites excluding steroid dienone is 2. The van der Waals surface area contributed by atoms with Crippen molar-refractivity contribution in [2.24, 2.45) is 4.99 Å². The predicted octanol–water partition coefficient (Wildman–Crippen LogP) is 4.81. The Balaban J connectivity index is 1.45. The number of ketones is 1. The summed E-state index contributed by atoms with van der Waals surface area (Å²) in [4.78, 5) is 32.3. The van der Waals surface area contributed by atoms with E-state index in [0.717, 1.165) is 23.4 Å². The molecule has 150 valence electrons. The van der Waals surface area contributed by atoms with E-state index in [-0.39, 0.29) is 17.7 Å². The number of carbonyl (C=O) groups is 2. The maximum Gasteiger partial charge on any atom is 0.277 e. The monoisotopic (exact) mass is 404 g/mol. The fourth-order valence-electron chi connectivity index (χ4n) is 4.02. The van der Waals surface area contributed by atoms with Crippen molar-refractivity contribution in [1.29, 1.82) is 0 Å². The van der Waals surface area contributed by atoms with Gasteiger partial charge in [-0.1, -0.05) is 78.9 Å². The van der Waals surface area contributed by atoms with Crippen molar-refractivity contribution in [1.82, 2.24) is 4.90 Å². The molecule has 0 saturated heterocycles. The quantitative estimate of drug-likeness (QED) is 0.589. The van der Waals surface area contributed by atoms with Crippen molar-refractivity contribution in [2.45, 2.75) is 12.6 Å². The highest BCUT2D eigenvalue weighted by Crippen LogP contribution is 2.27. The van der Waals surface area contributed by atoms with E-state index in [1.807, 2.05) is 54.8 Å². The predicted molar refractivity (Wildman–Crippen MR) is 121 cm³/mol. The van der Waals surface area contributed by atoms with Crippen LogP contribution in [-0.2, 0) is 6.54 Å². The highest BCUT2D eigenvalue weighted by molar-refractivity contribution is 6.15. The van der Waals surface area contributed by atoms with Gasteiger partial charge in [-0.05, 0) is 23.8 Å². The SMILES string of the molecule is O=C(N=C1c2ccccc2CN2C=CC=C[C@H]12)c1ccc(C(=O)c2ccccc2)cc1. The summed E-state index contributed by atoms with van der Waals surface area (Å²) in [7, 11) is 0. The van der Waals surface area contributed by atoms with Crippen molar-refractivity contribution >= 4 is 17.4 Å². The smallest absolute Gasteiger partial charge is 0.277 e. The van der Waals surface area contributed by atoms with Gasteiger partial charge in [-0.2, -0.15) is 0 Å². The molecule has 0 radical (unpaired) electrons. The fraction of sp³-hybridized carbons (Fsp3) is 0.0741. The molecule has 0 N–H and O–H groups in total. The van der Waals surface area contributed by atoms with Crippen molar-refractivity contribution in [3.05, 3.63) is 131 Å². The van der Waals surface area contributed by atoms with Crippen molar-refractivity contribution in [2.75, 3.05) is 0 Å². The molecule has 0 spiro atoms. The van der Waals surface area contributed by atoms with Crippen LogP contribution in [0.5, 0.6) is 0 Å². The van der Waals surface area contributed by atoms with E-state index in [4.69, 9.17) is 0 Å². The Morgan fingerprint density at radius 3 is 2.26 bits per heavy atom. The Hall–Kier alpha value is -4.05. The van der Waals surface area contributed by atoms with Crippen LogP contribution >= 0.6 is 0 Å². The molecule has 5 rings (SSSR count). The van der Waals surface area contributed by atoms with Crippen LogP contribution in [0.15, 0.2) is 108 Å². The first-order chi connectivity index (χ1) is 15.2. The largest absolute Gasteiger partial charge is 0.361 e. The normalized spacial score (nSPS) is 17.9. The number of hydrogen-bond acceptors (Lipinski definition) is 3. The topological polar surface area (TPSA) is 49.7 Å². The number of nitrogens with zero attached hydrogens (tertiary/aromatic N) is 2. The van der Waals surface area contributed by atoms with Gasteiger partial charge in [0, 0.05) is 35.0 Å². The van der Waals surface area contributed by atoms with Crippen LogP contribution in [-0.4, -0.2) is 28.3 Å². The standard InChI is InChI=1S/C27H20N2O2/c30-26(19-8-2-1-3-9-19)20-13-15-21(16-14-20)27(31)28-25-23-11-5-4-10-22(23)18-29-17-7-6-12-24(25)29/h1-17,24H,18H2/t24-/m1/s1. The van der Waals surface area contributed by atoms with Crippen LogP contribution in [0.2, 0.25) is 0 Å². The molecule has 1 atom stereocenters.